The van der Waals surface area contributed by atoms with Crippen LogP contribution in [-0.2, 0) is 4.84 Å². The van der Waals surface area contributed by atoms with E-state index in [1.165, 1.54) is 12.1 Å². The molecule has 0 saturated heterocycles. The first-order valence-electron chi connectivity index (χ1n) is 7.56. The monoisotopic (exact) mass is 345 g/mol. The number of nitrogens with zero attached hydrogens (tertiary/aromatic N) is 1. The van der Waals surface area contributed by atoms with E-state index in [1.54, 1.807) is 18.2 Å². The second-order valence-electron chi connectivity index (χ2n) is 5.51. The van der Waals surface area contributed by atoms with E-state index in [0.717, 1.165) is 5.56 Å². The number of ether oxygens (including phenoxy) is 1. The van der Waals surface area contributed by atoms with Crippen LogP contribution in [0.2, 0.25) is 0 Å². The smallest absolute Gasteiger partial charge is 0.294 e. The molecule has 0 spiro atoms. The van der Waals surface area contributed by atoms with Gasteiger partial charge in [0.1, 0.15) is 28.1 Å². The van der Waals surface area contributed by atoms with Crippen LogP contribution >= 0.6 is 0 Å². The summed E-state index contributed by atoms with van der Waals surface area (Å²) in [5.74, 6) is 0.0477. The van der Waals surface area contributed by atoms with Gasteiger partial charge in [0.2, 0.25) is 5.43 Å². The Morgan fingerprint density at radius 3 is 2.76 bits per heavy atom. The third-order valence-electron chi connectivity index (χ3n) is 3.64. The highest BCUT2D eigenvalue weighted by Crippen LogP contribution is 2.30. The van der Waals surface area contributed by atoms with Crippen molar-refractivity contribution in [3.8, 4) is 11.5 Å². The first kappa shape index (κ1) is 16.6. The second-order valence-corrected chi connectivity index (χ2v) is 5.51. The standard InChI is InChI=1S/C17H15NO7/c1-10-3-4-12-14(7-10)25-15-9-11(8-13(19)16(15)17(12)20)23-5-2-6-24-18(21)22/h3-4,7-9,19H,2,5-6H2,1H3. The lowest BCUT2D eigenvalue weighted by atomic mass is 10.1. The van der Waals surface area contributed by atoms with Gasteiger partial charge in [-0.15, -0.1) is 10.1 Å². The molecule has 1 aromatic heterocycles. The van der Waals surface area contributed by atoms with Crippen molar-refractivity contribution in [1.29, 1.82) is 0 Å². The topological polar surface area (TPSA) is 112 Å². The largest absolute Gasteiger partial charge is 0.507 e. The van der Waals surface area contributed by atoms with Gasteiger partial charge >= 0.3 is 0 Å². The van der Waals surface area contributed by atoms with Gasteiger partial charge in [-0.05, 0) is 24.6 Å². The van der Waals surface area contributed by atoms with E-state index < -0.39 is 5.09 Å². The normalized spacial score (nSPS) is 10.9. The SMILES string of the molecule is Cc1ccc2c(=O)c3c(O)cc(OCCCO[N+](=O)[O-])cc3oc2c1. The maximum Gasteiger partial charge on any atom is 0.294 e. The summed E-state index contributed by atoms with van der Waals surface area (Å²) in [6.07, 6.45) is 0.292. The van der Waals surface area contributed by atoms with Crippen LogP contribution in [0.1, 0.15) is 12.0 Å². The number of rotatable bonds is 6. The number of phenolic OH excluding ortho intramolecular Hbond substituents is 1. The number of fused-ring (bicyclic) bond motifs is 2. The first-order chi connectivity index (χ1) is 12.0. The van der Waals surface area contributed by atoms with E-state index in [9.17, 15) is 20.0 Å². The lowest BCUT2D eigenvalue weighted by molar-refractivity contribution is -0.757. The fourth-order valence-electron chi connectivity index (χ4n) is 2.51. The summed E-state index contributed by atoms with van der Waals surface area (Å²) in [6, 6.07) is 8.03. The Hall–Kier alpha value is -3.29. The Bertz CT molecular complexity index is 1010. The summed E-state index contributed by atoms with van der Waals surface area (Å²) in [7, 11) is 0. The Morgan fingerprint density at radius 2 is 2.00 bits per heavy atom. The molecular formula is C17H15NO7. The van der Waals surface area contributed by atoms with Crippen molar-refractivity contribution in [1.82, 2.24) is 0 Å². The predicted molar refractivity (Wildman–Crippen MR) is 89.5 cm³/mol. The van der Waals surface area contributed by atoms with Gasteiger partial charge in [0, 0.05) is 18.6 Å². The lowest BCUT2D eigenvalue weighted by Crippen LogP contribution is -2.07. The van der Waals surface area contributed by atoms with Crippen molar-refractivity contribution in [2.45, 2.75) is 13.3 Å². The van der Waals surface area contributed by atoms with Crippen LogP contribution in [0.25, 0.3) is 21.9 Å². The van der Waals surface area contributed by atoms with Crippen LogP contribution in [0.4, 0.5) is 0 Å². The van der Waals surface area contributed by atoms with Crippen molar-refractivity contribution in [3.63, 3.8) is 0 Å². The minimum absolute atomic E-state index is 0.0837. The number of hydrogen-bond donors (Lipinski definition) is 1. The molecular weight excluding hydrogens is 330 g/mol. The molecule has 0 aliphatic heterocycles. The molecule has 2 aromatic carbocycles. The zero-order valence-corrected chi connectivity index (χ0v) is 13.4. The number of aryl methyl sites for hydroxylation is 1. The zero-order valence-electron chi connectivity index (χ0n) is 13.4. The summed E-state index contributed by atoms with van der Waals surface area (Å²) in [6.45, 7) is 1.94. The molecule has 0 atom stereocenters. The molecule has 0 bridgehead atoms. The molecule has 0 amide bonds. The number of benzene rings is 2. The molecule has 25 heavy (non-hydrogen) atoms. The summed E-state index contributed by atoms with van der Waals surface area (Å²) in [4.78, 5) is 26.8. The van der Waals surface area contributed by atoms with Crippen molar-refractivity contribution in [2.75, 3.05) is 13.2 Å². The molecule has 0 radical (unpaired) electrons. The van der Waals surface area contributed by atoms with Crippen LogP contribution in [0.15, 0.2) is 39.5 Å². The van der Waals surface area contributed by atoms with Crippen LogP contribution in [0.3, 0.4) is 0 Å². The van der Waals surface area contributed by atoms with Crippen molar-refractivity contribution in [2.24, 2.45) is 0 Å². The fourth-order valence-corrected chi connectivity index (χ4v) is 2.51. The lowest BCUT2D eigenvalue weighted by Gasteiger charge is -2.09. The van der Waals surface area contributed by atoms with E-state index in [1.807, 2.05) is 6.92 Å². The maximum atomic E-state index is 12.6. The highest BCUT2D eigenvalue weighted by atomic mass is 16.9. The van der Waals surface area contributed by atoms with Crippen molar-refractivity contribution >= 4 is 21.9 Å². The summed E-state index contributed by atoms with van der Waals surface area (Å²) in [5, 5.41) is 19.8. The molecule has 0 aliphatic rings. The van der Waals surface area contributed by atoms with Gasteiger partial charge < -0.3 is 19.1 Å². The van der Waals surface area contributed by atoms with E-state index in [-0.39, 0.29) is 35.4 Å². The highest BCUT2D eigenvalue weighted by molar-refractivity contribution is 5.93. The van der Waals surface area contributed by atoms with Crippen LogP contribution in [-0.4, -0.2) is 23.4 Å². The molecule has 0 unspecified atom stereocenters. The molecule has 0 aliphatic carbocycles. The second kappa shape index (κ2) is 6.68. The van der Waals surface area contributed by atoms with Gasteiger partial charge in [0.25, 0.3) is 5.09 Å². The summed E-state index contributed by atoms with van der Waals surface area (Å²) < 4.78 is 11.2. The average molecular weight is 345 g/mol. The van der Waals surface area contributed by atoms with Crippen molar-refractivity contribution < 1.29 is 24.2 Å². The first-order valence-corrected chi connectivity index (χ1v) is 7.56. The van der Waals surface area contributed by atoms with E-state index >= 15 is 0 Å². The quantitative estimate of drug-likeness (QED) is 0.316. The maximum absolute atomic E-state index is 12.6. The molecule has 3 rings (SSSR count). The van der Waals surface area contributed by atoms with Gasteiger partial charge in [-0.1, -0.05) is 6.07 Å². The van der Waals surface area contributed by atoms with E-state index in [4.69, 9.17) is 9.15 Å². The Labute approximate surface area is 141 Å². The molecule has 1 heterocycles. The molecule has 8 nitrogen and oxygen atoms in total. The van der Waals surface area contributed by atoms with Crippen LogP contribution in [0, 0.1) is 17.0 Å². The molecule has 130 valence electrons. The predicted octanol–water partition coefficient (Wildman–Crippen LogP) is 2.94. The van der Waals surface area contributed by atoms with E-state index in [0.29, 0.717) is 23.1 Å². The average Bonchev–Trinajstić information content (AvgIpc) is 2.53. The zero-order chi connectivity index (χ0) is 18.0. The third-order valence-corrected chi connectivity index (χ3v) is 3.64. The Balaban J connectivity index is 1.91. The number of hydrogen-bond acceptors (Lipinski definition) is 7. The van der Waals surface area contributed by atoms with Gasteiger partial charge in [0.05, 0.1) is 18.6 Å². The van der Waals surface area contributed by atoms with Gasteiger partial charge in [-0.2, -0.15) is 0 Å². The summed E-state index contributed by atoms with van der Waals surface area (Å²) >= 11 is 0. The van der Waals surface area contributed by atoms with Crippen LogP contribution in [0.5, 0.6) is 11.5 Å². The van der Waals surface area contributed by atoms with Gasteiger partial charge in [-0.3, -0.25) is 4.79 Å². The fraction of sp³-hybridized carbons (Fsp3) is 0.235. The highest BCUT2D eigenvalue weighted by Gasteiger charge is 2.13. The molecule has 0 fully saturated rings. The molecule has 0 saturated carbocycles. The number of aromatic hydroxyl groups is 1. The molecule has 3 aromatic rings. The van der Waals surface area contributed by atoms with Crippen molar-refractivity contribution in [3.05, 3.63) is 56.2 Å². The number of phenols is 1. The van der Waals surface area contributed by atoms with Gasteiger partial charge in [0.15, 0.2) is 0 Å². The Kier molecular flexibility index (Phi) is 4.42. The minimum atomic E-state index is -0.871. The van der Waals surface area contributed by atoms with Crippen LogP contribution < -0.4 is 10.2 Å². The molecule has 1 N–H and O–H groups in total. The molecule has 8 heteroatoms. The minimum Gasteiger partial charge on any atom is -0.507 e. The third kappa shape index (κ3) is 3.47. The van der Waals surface area contributed by atoms with Gasteiger partial charge in [-0.25, -0.2) is 0 Å². The Morgan fingerprint density at radius 1 is 1.20 bits per heavy atom. The van der Waals surface area contributed by atoms with E-state index in [2.05, 4.69) is 4.84 Å². The summed E-state index contributed by atoms with van der Waals surface area (Å²) in [5.41, 5.74) is 1.25.